The Bertz CT molecular complexity index is 547. The third-order valence-corrected chi connectivity index (χ3v) is 3.61. The molecule has 0 aliphatic carbocycles. The maximum absolute atomic E-state index is 6.17. The van der Waals surface area contributed by atoms with Crippen molar-refractivity contribution >= 4 is 11.6 Å². The first-order valence-electron chi connectivity index (χ1n) is 6.46. The Labute approximate surface area is 117 Å². The van der Waals surface area contributed by atoms with E-state index in [2.05, 4.69) is 4.90 Å². The number of nitrogens with zero attached hydrogens (tertiary/aromatic N) is 1. The number of hydrogen-bond donors (Lipinski definition) is 0. The Morgan fingerprint density at radius 1 is 1.05 bits per heavy atom. The van der Waals surface area contributed by atoms with Crippen LogP contribution in [0.4, 0.5) is 0 Å². The summed E-state index contributed by atoms with van der Waals surface area (Å²) in [6.45, 7) is 4.36. The Hall–Kier alpha value is -1.29. The van der Waals surface area contributed by atoms with Crippen molar-refractivity contribution in [1.82, 2.24) is 4.90 Å². The number of rotatable bonds is 3. The Morgan fingerprint density at radius 2 is 1.84 bits per heavy atom. The van der Waals surface area contributed by atoms with Crippen molar-refractivity contribution in [3.8, 4) is 11.3 Å². The van der Waals surface area contributed by atoms with Crippen molar-refractivity contribution < 1.29 is 9.15 Å². The van der Waals surface area contributed by atoms with Crippen LogP contribution in [-0.2, 0) is 11.3 Å². The maximum Gasteiger partial charge on any atom is 0.135 e. The fourth-order valence-corrected chi connectivity index (χ4v) is 2.48. The van der Waals surface area contributed by atoms with Gasteiger partial charge in [0.2, 0.25) is 0 Å². The molecule has 19 heavy (non-hydrogen) atoms. The molecule has 0 atom stereocenters. The van der Waals surface area contributed by atoms with Gasteiger partial charge in [0, 0.05) is 18.7 Å². The molecule has 2 heterocycles. The Balaban J connectivity index is 1.74. The van der Waals surface area contributed by atoms with Crippen LogP contribution in [0.5, 0.6) is 0 Å². The lowest BCUT2D eigenvalue weighted by Gasteiger charge is -2.25. The van der Waals surface area contributed by atoms with Gasteiger partial charge in [-0.1, -0.05) is 23.7 Å². The topological polar surface area (TPSA) is 25.6 Å². The van der Waals surface area contributed by atoms with Gasteiger partial charge in [-0.3, -0.25) is 4.90 Å². The monoisotopic (exact) mass is 277 g/mol. The molecule has 1 fully saturated rings. The van der Waals surface area contributed by atoms with Crippen LogP contribution in [0.1, 0.15) is 5.76 Å². The van der Waals surface area contributed by atoms with E-state index in [9.17, 15) is 0 Å². The lowest BCUT2D eigenvalue weighted by atomic mass is 10.2. The first kappa shape index (κ1) is 12.7. The predicted octanol–water partition coefficient (Wildman–Crippen LogP) is 3.43. The van der Waals surface area contributed by atoms with Gasteiger partial charge in [0.05, 0.1) is 24.8 Å². The molecule has 0 amide bonds. The smallest absolute Gasteiger partial charge is 0.135 e. The summed E-state index contributed by atoms with van der Waals surface area (Å²) in [5, 5.41) is 0.717. The van der Waals surface area contributed by atoms with E-state index in [1.165, 1.54) is 0 Å². The largest absolute Gasteiger partial charge is 0.460 e. The van der Waals surface area contributed by atoms with Gasteiger partial charge in [0.15, 0.2) is 0 Å². The van der Waals surface area contributed by atoms with Gasteiger partial charge >= 0.3 is 0 Å². The minimum absolute atomic E-state index is 0.717. The molecule has 1 aliphatic heterocycles. The average Bonchev–Trinajstić information content (AvgIpc) is 2.89. The fourth-order valence-electron chi connectivity index (χ4n) is 2.25. The van der Waals surface area contributed by atoms with Gasteiger partial charge in [0.1, 0.15) is 11.5 Å². The second-order valence-electron chi connectivity index (χ2n) is 4.63. The Kier molecular flexibility index (Phi) is 3.87. The molecule has 0 unspecified atom stereocenters. The number of morpholine rings is 1. The van der Waals surface area contributed by atoms with Gasteiger partial charge in [-0.05, 0) is 24.3 Å². The summed E-state index contributed by atoms with van der Waals surface area (Å²) >= 11 is 6.17. The zero-order valence-electron chi connectivity index (χ0n) is 10.6. The van der Waals surface area contributed by atoms with E-state index in [0.717, 1.165) is 55.0 Å². The standard InChI is InChI=1S/C15H16ClNO2/c16-14-4-2-1-3-13(14)15-6-5-12(19-15)11-17-7-9-18-10-8-17/h1-6H,7-11H2. The number of ether oxygens (including phenoxy) is 1. The van der Waals surface area contributed by atoms with Crippen molar-refractivity contribution in [2.45, 2.75) is 6.54 Å². The highest BCUT2D eigenvalue weighted by molar-refractivity contribution is 6.33. The summed E-state index contributed by atoms with van der Waals surface area (Å²) in [6.07, 6.45) is 0. The van der Waals surface area contributed by atoms with Gasteiger partial charge in [0.25, 0.3) is 0 Å². The second-order valence-corrected chi connectivity index (χ2v) is 5.04. The van der Waals surface area contributed by atoms with Gasteiger partial charge in [-0.25, -0.2) is 0 Å². The average molecular weight is 278 g/mol. The molecule has 1 aliphatic rings. The van der Waals surface area contributed by atoms with E-state index < -0.39 is 0 Å². The second kappa shape index (κ2) is 5.78. The molecule has 2 aromatic rings. The van der Waals surface area contributed by atoms with Crippen molar-refractivity contribution in [2.75, 3.05) is 26.3 Å². The van der Waals surface area contributed by atoms with E-state index in [1.54, 1.807) is 0 Å². The van der Waals surface area contributed by atoms with Crippen molar-refractivity contribution in [3.05, 3.63) is 47.2 Å². The third kappa shape index (κ3) is 3.00. The molecule has 1 aromatic heterocycles. The summed E-state index contributed by atoms with van der Waals surface area (Å²) in [5.74, 6) is 1.80. The molecule has 0 N–H and O–H groups in total. The van der Waals surface area contributed by atoms with Crippen LogP contribution in [0.15, 0.2) is 40.8 Å². The number of benzene rings is 1. The van der Waals surface area contributed by atoms with Crippen LogP contribution in [-0.4, -0.2) is 31.2 Å². The van der Waals surface area contributed by atoms with E-state index in [1.807, 2.05) is 36.4 Å². The molecule has 3 rings (SSSR count). The van der Waals surface area contributed by atoms with E-state index in [0.29, 0.717) is 0 Å². The quantitative estimate of drug-likeness (QED) is 0.859. The lowest BCUT2D eigenvalue weighted by molar-refractivity contribution is 0.0314. The third-order valence-electron chi connectivity index (χ3n) is 3.28. The molecular formula is C15H16ClNO2. The van der Waals surface area contributed by atoms with E-state index in [-0.39, 0.29) is 0 Å². The molecule has 0 bridgehead atoms. The molecule has 0 saturated carbocycles. The highest BCUT2D eigenvalue weighted by atomic mass is 35.5. The van der Waals surface area contributed by atoms with Gasteiger partial charge in [-0.15, -0.1) is 0 Å². The molecule has 0 spiro atoms. The first-order chi connectivity index (χ1) is 9.33. The fraction of sp³-hybridized carbons (Fsp3) is 0.333. The molecule has 3 nitrogen and oxygen atoms in total. The first-order valence-corrected chi connectivity index (χ1v) is 6.84. The molecule has 4 heteroatoms. The van der Waals surface area contributed by atoms with E-state index >= 15 is 0 Å². The van der Waals surface area contributed by atoms with Crippen LogP contribution >= 0.6 is 11.6 Å². The highest BCUT2D eigenvalue weighted by Crippen LogP contribution is 2.29. The number of hydrogen-bond acceptors (Lipinski definition) is 3. The zero-order valence-corrected chi connectivity index (χ0v) is 11.4. The summed E-state index contributed by atoms with van der Waals surface area (Å²) in [5.41, 5.74) is 0.942. The summed E-state index contributed by atoms with van der Waals surface area (Å²) < 4.78 is 11.2. The molecule has 0 radical (unpaired) electrons. The van der Waals surface area contributed by atoms with Crippen molar-refractivity contribution in [3.63, 3.8) is 0 Å². The van der Waals surface area contributed by atoms with Crippen molar-refractivity contribution in [2.24, 2.45) is 0 Å². The number of furan rings is 1. The summed E-state index contributed by atoms with van der Waals surface area (Å²) in [4.78, 5) is 2.33. The van der Waals surface area contributed by atoms with Crippen molar-refractivity contribution in [1.29, 1.82) is 0 Å². The minimum atomic E-state index is 0.717. The molecule has 100 valence electrons. The molecule has 1 saturated heterocycles. The van der Waals surface area contributed by atoms with Crippen LogP contribution in [0.2, 0.25) is 5.02 Å². The Morgan fingerprint density at radius 3 is 2.63 bits per heavy atom. The van der Waals surface area contributed by atoms with Crippen LogP contribution in [0.25, 0.3) is 11.3 Å². The van der Waals surface area contributed by atoms with Crippen LogP contribution < -0.4 is 0 Å². The lowest BCUT2D eigenvalue weighted by Crippen LogP contribution is -2.35. The zero-order chi connectivity index (χ0) is 13.1. The van der Waals surface area contributed by atoms with Crippen LogP contribution in [0, 0.1) is 0 Å². The highest BCUT2D eigenvalue weighted by Gasteiger charge is 2.14. The summed E-state index contributed by atoms with van der Waals surface area (Å²) in [7, 11) is 0. The van der Waals surface area contributed by atoms with Gasteiger partial charge < -0.3 is 9.15 Å². The van der Waals surface area contributed by atoms with Gasteiger partial charge in [-0.2, -0.15) is 0 Å². The molecular weight excluding hydrogens is 262 g/mol. The SMILES string of the molecule is Clc1ccccc1-c1ccc(CN2CCOCC2)o1. The predicted molar refractivity (Wildman–Crippen MR) is 75.3 cm³/mol. The van der Waals surface area contributed by atoms with Crippen LogP contribution in [0.3, 0.4) is 0 Å². The van der Waals surface area contributed by atoms with E-state index in [4.69, 9.17) is 20.8 Å². The maximum atomic E-state index is 6.17. The normalized spacial score (nSPS) is 16.7. The minimum Gasteiger partial charge on any atom is -0.460 e. The molecule has 1 aromatic carbocycles. The summed E-state index contributed by atoms with van der Waals surface area (Å²) in [6, 6.07) is 11.7. The number of halogens is 1.